The van der Waals surface area contributed by atoms with Crippen LogP contribution < -0.4 is 15.1 Å². The van der Waals surface area contributed by atoms with Crippen molar-refractivity contribution >= 4 is 29.1 Å². The Kier molecular flexibility index (Phi) is 5.31. The van der Waals surface area contributed by atoms with Crippen molar-refractivity contribution in [1.29, 1.82) is 0 Å². The predicted molar refractivity (Wildman–Crippen MR) is 118 cm³/mol. The Hall–Kier alpha value is -3.00. The van der Waals surface area contributed by atoms with Crippen molar-refractivity contribution in [3.63, 3.8) is 0 Å². The van der Waals surface area contributed by atoms with Crippen molar-refractivity contribution in [3.05, 3.63) is 42.2 Å². The smallest absolute Gasteiger partial charge is 0.329 e. The summed E-state index contributed by atoms with van der Waals surface area (Å²) in [6, 6.07) is 8.88. The lowest BCUT2D eigenvalue weighted by molar-refractivity contribution is 0.0881. The zero-order valence-electron chi connectivity index (χ0n) is 17.7. The number of carbonyl (C=O) groups excluding carboxylic acids is 2. The normalized spacial score (nSPS) is 20.4. The number of nitrogens with one attached hydrogen (secondary N) is 1. The molecule has 1 unspecified atom stereocenters. The van der Waals surface area contributed by atoms with Crippen molar-refractivity contribution in [3.8, 4) is 0 Å². The van der Waals surface area contributed by atoms with Crippen molar-refractivity contribution in [2.24, 2.45) is 11.8 Å². The topological polar surface area (TPSA) is 87.7 Å². The van der Waals surface area contributed by atoms with Crippen LogP contribution >= 0.6 is 0 Å². The highest BCUT2D eigenvalue weighted by atomic mass is 16.5. The molecular weight excluding hydrogens is 394 g/mol. The third-order valence-corrected chi connectivity index (χ3v) is 6.47. The lowest BCUT2D eigenvalue weighted by atomic mass is 9.96. The van der Waals surface area contributed by atoms with E-state index < -0.39 is 0 Å². The third kappa shape index (κ3) is 3.99. The van der Waals surface area contributed by atoms with Crippen molar-refractivity contribution in [2.45, 2.75) is 31.7 Å². The van der Waals surface area contributed by atoms with Gasteiger partial charge in [0.1, 0.15) is 11.5 Å². The zero-order valence-corrected chi connectivity index (χ0v) is 17.7. The van der Waals surface area contributed by atoms with E-state index in [4.69, 9.17) is 9.72 Å². The summed E-state index contributed by atoms with van der Waals surface area (Å²) in [5.41, 5.74) is 1.32. The van der Waals surface area contributed by atoms with Crippen LogP contribution in [0.4, 0.5) is 22.1 Å². The lowest BCUT2D eigenvalue weighted by Crippen LogP contribution is -2.48. The van der Waals surface area contributed by atoms with Crippen LogP contribution in [0.25, 0.3) is 0 Å². The van der Waals surface area contributed by atoms with Crippen LogP contribution in [-0.2, 0) is 4.74 Å². The molecule has 2 bridgehead atoms. The monoisotopic (exact) mass is 421 g/mol. The van der Waals surface area contributed by atoms with Crippen LogP contribution in [0.3, 0.4) is 0 Å². The summed E-state index contributed by atoms with van der Waals surface area (Å²) in [5.74, 6) is 1.87. The van der Waals surface area contributed by atoms with E-state index in [0.717, 1.165) is 38.0 Å². The van der Waals surface area contributed by atoms with Gasteiger partial charge in [-0.25, -0.2) is 14.8 Å². The van der Waals surface area contributed by atoms with Crippen LogP contribution in [0.5, 0.6) is 0 Å². The maximum atomic E-state index is 13.2. The van der Waals surface area contributed by atoms with Gasteiger partial charge in [0.05, 0.1) is 11.7 Å². The van der Waals surface area contributed by atoms with Gasteiger partial charge in [0.2, 0.25) is 0 Å². The van der Waals surface area contributed by atoms with Crippen LogP contribution in [0, 0.1) is 11.8 Å². The number of carbonyl (C=O) groups is 2. The second-order valence-electron chi connectivity index (χ2n) is 8.62. The largest absolute Gasteiger partial charge is 0.384 e. The number of Topliss-reactive ketones (excluding diaryl/α,β-unsaturated/α-hetero) is 1. The molecule has 162 valence electrons. The molecular formula is C23H27N5O3. The molecule has 5 rings (SSSR count). The molecule has 2 fully saturated rings. The Bertz CT molecular complexity index is 978. The first-order valence-electron chi connectivity index (χ1n) is 10.9. The minimum atomic E-state index is -0.265. The number of ketones is 1. The molecule has 2 aromatic rings. The second-order valence-corrected chi connectivity index (χ2v) is 8.62. The van der Waals surface area contributed by atoms with E-state index in [9.17, 15) is 9.59 Å². The Labute approximate surface area is 181 Å². The molecule has 2 amide bonds. The van der Waals surface area contributed by atoms with E-state index in [2.05, 4.69) is 15.2 Å². The third-order valence-electron chi connectivity index (χ3n) is 6.47. The number of urea groups is 1. The molecule has 31 heavy (non-hydrogen) atoms. The van der Waals surface area contributed by atoms with Crippen LogP contribution in [0.2, 0.25) is 0 Å². The molecule has 2 atom stereocenters. The number of methoxy groups -OCH3 is 1. The molecule has 1 aliphatic carbocycles. The molecule has 2 aromatic heterocycles. The number of nitrogens with zero attached hydrogens (tertiary/aromatic N) is 4. The molecule has 2 aliphatic heterocycles. The number of ether oxygens (including phenoxy) is 1. The quantitative estimate of drug-likeness (QED) is 0.690. The van der Waals surface area contributed by atoms with Gasteiger partial charge < -0.3 is 9.64 Å². The van der Waals surface area contributed by atoms with Gasteiger partial charge in [0, 0.05) is 39.4 Å². The summed E-state index contributed by atoms with van der Waals surface area (Å²) < 4.78 is 5.33. The zero-order chi connectivity index (χ0) is 21.4. The summed E-state index contributed by atoms with van der Waals surface area (Å²) >= 11 is 0. The molecule has 0 aromatic carbocycles. The van der Waals surface area contributed by atoms with E-state index in [1.54, 1.807) is 36.4 Å². The van der Waals surface area contributed by atoms with Gasteiger partial charge in [-0.3, -0.25) is 15.0 Å². The number of hydrogen-bond acceptors (Lipinski definition) is 6. The average molecular weight is 422 g/mol. The van der Waals surface area contributed by atoms with Gasteiger partial charge in [0.25, 0.3) is 0 Å². The highest BCUT2D eigenvalue weighted by Crippen LogP contribution is 2.41. The van der Waals surface area contributed by atoms with Crippen molar-refractivity contribution < 1.29 is 14.3 Å². The average Bonchev–Trinajstić information content (AvgIpc) is 3.55. The number of rotatable bonds is 7. The van der Waals surface area contributed by atoms with Gasteiger partial charge in [-0.15, -0.1) is 0 Å². The number of amides is 2. The van der Waals surface area contributed by atoms with E-state index in [0.29, 0.717) is 36.3 Å². The Morgan fingerprint density at radius 1 is 1.23 bits per heavy atom. The summed E-state index contributed by atoms with van der Waals surface area (Å²) in [4.78, 5) is 39.1. The van der Waals surface area contributed by atoms with Crippen LogP contribution in [-0.4, -0.2) is 54.6 Å². The van der Waals surface area contributed by atoms with Gasteiger partial charge in [-0.1, -0.05) is 6.07 Å². The molecule has 3 aliphatic rings. The minimum Gasteiger partial charge on any atom is -0.384 e. The fraction of sp³-hybridized carbons (Fsp3) is 0.478. The second kappa shape index (κ2) is 8.26. The summed E-state index contributed by atoms with van der Waals surface area (Å²) in [5, 5.41) is 2.87. The SMILES string of the molecule is COCC(CC(=O)c1ccc2c(n1)N(C(=O)Nc1ccccn1)[C@H]1CCN2C1)C1CC1. The fourth-order valence-corrected chi connectivity index (χ4v) is 4.72. The van der Waals surface area contributed by atoms with Gasteiger partial charge in [-0.05, 0) is 55.4 Å². The van der Waals surface area contributed by atoms with E-state index in [1.165, 1.54) is 0 Å². The summed E-state index contributed by atoms with van der Waals surface area (Å²) in [6.07, 6.45) is 5.26. The van der Waals surface area contributed by atoms with E-state index in [1.807, 2.05) is 12.1 Å². The molecule has 1 saturated carbocycles. The lowest BCUT2D eigenvalue weighted by Gasteiger charge is -2.35. The number of pyridine rings is 2. The predicted octanol–water partition coefficient (Wildman–Crippen LogP) is 3.35. The van der Waals surface area contributed by atoms with E-state index >= 15 is 0 Å². The van der Waals surface area contributed by atoms with E-state index in [-0.39, 0.29) is 23.8 Å². The Balaban J connectivity index is 1.41. The summed E-state index contributed by atoms with van der Waals surface area (Å²) in [6.45, 7) is 2.24. The maximum absolute atomic E-state index is 13.2. The first kappa shape index (κ1) is 19.9. The maximum Gasteiger partial charge on any atom is 0.329 e. The highest BCUT2D eigenvalue weighted by molar-refractivity contribution is 6.05. The molecule has 0 radical (unpaired) electrons. The highest BCUT2D eigenvalue weighted by Gasteiger charge is 2.41. The number of hydrogen-bond donors (Lipinski definition) is 1. The molecule has 8 nitrogen and oxygen atoms in total. The minimum absolute atomic E-state index is 0.00903. The molecule has 8 heteroatoms. The van der Waals surface area contributed by atoms with Gasteiger partial charge >= 0.3 is 6.03 Å². The number of aromatic nitrogens is 2. The Morgan fingerprint density at radius 2 is 2.10 bits per heavy atom. The molecule has 1 N–H and O–H groups in total. The van der Waals surface area contributed by atoms with Gasteiger partial charge in [0.15, 0.2) is 11.6 Å². The van der Waals surface area contributed by atoms with Crippen LogP contribution in [0.1, 0.15) is 36.2 Å². The first-order chi connectivity index (χ1) is 15.1. The fourth-order valence-electron chi connectivity index (χ4n) is 4.72. The number of fused-ring (bicyclic) bond motifs is 4. The van der Waals surface area contributed by atoms with Crippen molar-refractivity contribution in [2.75, 3.05) is 41.9 Å². The number of anilines is 3. The molecule has 4 heterocycles. The van der Waals surface area contributed by atoms with Crippen LogP contribution in [0.15, 0.2) is 36.5 Å². The van der Waals surface area contributed by atoms with Gasteiger partial charge in [-0.2, -0.15) is 0 Å². The van der Waals surface area contributed by atoms with Crippen molar-refractivity contribution in [1.82, 2.24) is 9.97 Å². The standard InChI is InChI=1S/C23H27N5O3/c1-31-14-16(15-5-6-15)12-20(29)18-7-8-19-22(25-18)28(17-9-11-27(19)13-17)23(30)26-21-4-2-3-10-24-21/h2-4,7-8,10,15-17H,5-6,9,11-14H2,1H3,(H,24,26,30)/t16?,17-/m0/s1. The molecule has 1 saturated heterocycles. The molecule has 0 spiro atoms. The first-order valence-corrected chi connectivity index (χ1v) is 10.9. The summed E-state index contributed by atoms with van der Waals surface area (Å²) in [7, 11) is 1.68. The Morgan fingerprint density at radius 3 is 2.84 bits per heavy atom.